The van der Waals surface area contributed by atoms with Crippen LogP contribution < -0.4 is 0 Å². The molecule has 0 aliphatic heterocycles. The molecular weight excluding hydrogens is 156 g/mol. The second kappa shape index (κ2) is 2.55. The molecule has 0 amide bonds. The van der Waals surface area contributed by atoms with E-state index in [2.05, 4.69) is 16.3 Å². The van der Waals surface area contributed by atoms with Gasteiger partial charge in [-0.3, -0.25) is 0 Å². The first-order chi connectivity index (χ1) is 5.77. The van der Waals surface area contributed by atoms with Crippen molar-refractivity contribution < 1.29 is 9.90 Å². The van der Waals surface area contributed by atoms with Gasteiger partial charge in [0, 0.05) is 11.6 Å². The molecule has 4 nitrogen and oxygen atoms in total. The minimum Gasteiger partial charge on any atom is -0.477 e. The highest BCUT2D eigenvalue weighted by Crippen LogP contribution is 2.38. The fraction of sp³-hybridized carbons (Fsp3) is 0.375. The van der Waals surface area contributed by atoms with E-state index in [-0.39, 0.29) is 5.69 Å². The van der Waals surface area contributed by atoms with Gasteiger partial charge in [0.15, 0.2) is 12.0 Å². The SMILES string of the molecule is O=C(O)c1cc(C2CC2)n[c]n1. The van der Waals surface area contributed by atoms with E-state index in [1.54, 1.807) is 0 Å². The monoisotopic (exact) mass is 163 g/mol. The quantitative estimate of drug-likeness (QED) is 0.702. The fourth-order valence-corrected chi connectivity index (χ4v) is 1.04. The summed E-state index contributed by atoms with van der Waals surface area (Å²) >= 11 is 0. The Bertz CT molecular complexity index is 321. The van der Waals surface area contributed by atoms with Gasteiger partial charge in [-0.2, -0.15) is 0 Å². The summed E-state index contributed by atoms with van der Waals surface area (Å²) in [7, 11) is 0. The highest BCUT2D eigenvalue weighted by Gasteiger charge is 2.25. The summed E-state index contributed by atoms with van der Waals surface area (Å²) in [5.41, 5.74) is 0.842. The van der Waals surface area contributed by atoms with E-state index in [1.807, 2.05) is 0 Å². The Morgan fingerprint density at radius 2 is 2.33 bits per heavy atom. The molecule has 1 heterocycles. The molecule has 1 aromatic rings. The third-order valence-corrected chi connectivity index (χ3v) is 1.85. The number of nitrogens with zero attached hydrogens (tertiary/aromatic N) is 2. The number of aromatic carboxylic acids is 1. The predicted octanol–water partition coefficient (Wildman–Crippen LogP) is 0.852. The molecule has 0 bridgehead atoms. The summed E-state index contributed by atoms with van der Waals surface area (Å²) in [6, 6.07) is 1.52. The predicted molar refractivity (Wildman–Crippen MR) is 39.8 cm³/mol. The molecule has 61 valence electrons. The normalized spacial score (nSPS) is 16.0. The average molecular weight is 163 g/mol. The number of carbonyl (C=O) groups is 1. The maximum absolute atomic E-state index is 10.5. The molecule has 1 saturated carbocycles. The van der Waals surface area contributed by atoms with Gasteiger partial charge in [-0.25, -0.2) is 14.8 Å². The van der Waals surface area contributed by atoms with Gasteiger partial charge in [-0.1, -0.05) is 0 Å². The zero-order valence-electron chi connectivity index (χ0n) is 6.32. The first kappa shape index (κ1) is 7.21. The molecule has 1 radical (unpaired) electrons. The van der Waals surface area contributed by atoms with Gasteiger partial charge in [-0.05, 0) is 18.9 Å². The zero-order valence-corrected chi connectivity index (χ0v) is 6.32. The van der Waals surface area contributed by atoms with Crippen LogP contribution in [0.3, 0.4) is 0 Å². The summed E-state index contributed by atoms with van der Waals surface area (Å²) < 4.78 is 0. The molecule has 0 aromatic carbocycles. The second-order valence-corrected chi connectivity index (χ2v) is 2.86. The van der Waals surface area contributed by atoms with Gasteiger partial charge in [0.2, 0.25) is 0 Å². The molecule has 1 aliphatic carbocycles. The van der Waals surface area contributed by atoms with E-state index in [0.29, 0.717) is 5.92 Å². The van der Waals surface area contributed by atoms with Crippen LogP contribution >= 0.6 is 0 Å². The number of aromatic nitrogens is 2. The van der Waals surface area contributed by atoms with E-state index in [4.69, 9.17) is 5.11 Å². The lowest BCUT2D eigenvalue weighted by molar-refractivity contribution is 0.0690. The summed E-state index contributed by atoms with van der Waals surface area (Å²) in [6.45, 7) is 0. The van der Waals surface area contributed by atoms with E-state index >= 15 is 0 Å². The highest BCUT2D eigenvalue weighted by molar-refractivity contribution is 5.85. The minimum absolute atomic E-state index is 0.0342. The number of carboxylic acid groups (broad SMARTS) is 1. The summed E-state index contributed by atoms with van der Waals surface area (Å²) in [4.78, 5) is 17.9. The molecule has 12 heavy (non-hydrogen) atoms. The molecule has 1 aliphatic rings. The number of hydrogen-bond acceptors (Lipinski definition) is 3. The number of hydrogen-bond donors (Lipinski definition) is 1. The fourth-order valence-electron chi connectivity index (χ4n) is 1.04. The third kappa shape index (κ3) is 1.28. The zero-order chi connectivity index (χ0) is 8.55. The maximum Gasteiger partial charge on any atom is 0.354 e. The van der Waals surface area contributed by atoms with Crippen LogP contribution in [0.1, 0.15) is 34.9 Å². The minimum atomic E-state index is -1.02. The Morgan fingerprint density at radius 1 is 1.58 bits per heavy atom. The first-order valence-electron chi connectivity index (χ1n) is 3.75. The van der Waals surface area contributed by atoms with Crippen LogP contribution in [0.5, 0.6) is 0 Å². The first-order valence-corrected chi connectivity index (χ1v) is 3.75. The van der Waals surface area contributed by atoms with Gasteiger partial charge < -0.3 is 5.11 Å². The largest absolute Gasteiger partial charge is 0.477 e. The van der Waals surface area contributed by atoms with Crippen molar-refractivity contribution in [2.24, 2.45) is 0 Å². The van der Waals surface area contributed by atoms with Crippen LogP contribution in [0.4, 0.5) is 0 Å². The summed E-state index contributed by atoms with van der Waals surface area (Å²) in [5.74, 6) is -0.571. The van der Waals surface area contributed by atoms with E-state index in [9.17, 15) is 4.79 Å². The van der Waals surface area contributed by atoms with Crippen molar-refractivity contribution in [3.8, 4) is 0 Å². The lowest BCUT2D eigenvalue weighted by Gasteiger charge is -1.95. The Hall–Kier alpha value is -1.45. The molecule has 0 saturated heterocycles. The number of carboxylic acids is 1. The Kier molecular flexibility index (Phi) is 1.53. The van der Waals surface area contributed by atoms with Crippen LogP contribution in [0.25, 0.3) is 0 Å². The number of rotatable bonds is 2. The molecule has 1 aromatic heterocycles. The van der Waals surface area contributed by atoms with Gasteiger partial charge in [0.05, 0.1) is 0 Å². The van der Waals surface area contributed by atoms with Gasteiger partial charge in [0.1, 0.15) is 0 Å². The summed E-state index contributed by atoms with van der Waals surface area (Å²) in [6.07, 6.45) is 4.55. The third-order valence-electron chi connectivity index (χ3n) is 1.85. The van der Waals surface area contributed by atoms with Crippen molar-refractivity contribution >= 4 is 5.97 Å². The molecule has 0 unspecified atom stereocenters. The van der Waals surface area contributed by atoms with Crippen molar-refractivity contribution in [2.45, 2.75) is 18.8 Å². The molecule has 0 atom stereocenters. The smallest absolute Gasteiger partial charge is 0.354 e. The van der Waals surface area contributed by atoms with Gasteiger partial charge in [0.25, 0.3) is 0 Å². The van der Waals surface area contributed by atoms with Crippen LogP contribution in [0.2, 0.25) is 0 Å². The lowest BCUT2D eigenvalue weighted by atomic mass is 10.2. The molecule has 0 spiro atoms. The summed E-state index contributed by atoms with van der Waals surface area (Å²) in [5, 5.41) is 8.60. The van der Waals surface area contributed by atoms with E-state index in [1.165, 1.54) is 6.07 Å². The molecular formula is C8H7N2O2. The highest BCUT2D eigenvalue weighted by atomic mass is 16.4. The molecule has 2 rings (SSSR count). The maximum atomic E-state index is 10.5. The van der Waals surface area contributed by atoms with Crippen molar-refractivity contribution in [1.82, 2.24) is 9.97 Å². The molecule has 1 N–H and O–H groups in total. The van der Waals surface area contributed by atoms with Crippen LogP contribution in [-0.4, -0.2) is 21.0 Å². The Labute approximate surface area is 69.3 Å². The van der Waals surface area contributed by atoms with Crippen molar-refractivity contribution in [2.75, 3.05) is 0 Å². The van der Waals surface area contributed by atoms with Crippen LogP contribution in [-0.2, 0) is 0 Å². The van der Waals surface area contributed by atoms with Gasteiger partial charge >= 0.3 is 5.97 Å². The standard InChI is InChI=1S/C8H7N2O2/c11-8(12)7-3-6(5-1-2-5)9-4-10-7/h3,5H,1-2H2,(H,11,12). The Morgan fingerprint density at radius 3 is 2.92 bits per heavy atom. The van der Waals surface area contributed by atoms with Crippen molar-refractivity contribution in [1.29, 1.82) is 0 Å². The lowest BCUT2D eigenvalue weighted by Crippen LogP contribution is -2.02. The molecule has 1 fully saturated rings. The van der Waals surface area contributed by atoms with Crippen molar-refractivity contribution in [3.05, 3.63) is 23.8 Å². The van der Waals surface area contributed by atoms with Crippen LogP contribution in [0.15, 0.2) is 6.07 Å². The Balaban J connectivity index is 2.32. The molecule has 4 heteroatoms. The van der Waals surface area contributed by atoms with Gasteiger partial charge in [-0.15, -0.1) is 0 Å². The van der Waals surface area contributed by atoms with Crippen molar-refractivity contribution in [3.63, 3.8) is 0 Å². The second-order valence-electron chi connectivity index (χ2n) is 2.86. The van der Waals surface area contributed by atoms with E-state index < -0.39 is 5.97 Å². The van der Waals surface area contributed by atoms with Crippen LogP contribution in [0, 0.1) is 6.33 Å². The topological polar surface area (TPSA) is 63.1 Å². The van der Waals surface area contributed by atoms with E-state index in [0.717, 1.165) is 18.5 Å². The average Bonchev–Trinajstić information content (AvgIpc) is 2.87.